The van der Waals surface area contributed by atoms with Crippen LogP contribution >= 0.6 is 0 Å². The third kappa shape index (κ3) is 3.28. The number of H-pyrrole nitrogens is 1. The molecule has 2 rings (SSSR count). The summed E-state index contributed by atoms with van der Waals surface area (Å²) in [7, 11) is 1.49. The summed E-state index contributed by atoms with van der Waals surface area (Å²) in [6, 6.07) is 4.86. The van der Waals surface area contributed by atoms with Gasteiger partial charge in [0.05, 0.1) is 24.7 Å². The third-order valence-corrected chi connectivity index (χ3v) is 3.05. The second-order valence-corrected chi connectivity index (χ2v) is 4.84. The lowest BCUT2D eigenvalue weighted by molar-refractivity contribution is -0.124. The van der Waals surface area contributed by atoms with Crippen LogP contribution < -0.4 is 15.6 Å². The van der Waals surface area contributed by atoms with E-state index < -0.39 is 5.91 Å². The molecule has 0 unspecified atom stereocenters. The van der Waals surface area contributed by atoms with Gasteiger partial charge in [-0.05, 0) is 31.5 Å². The molecule has 110 valence electrons. The number of ether oxygens (including phenoxy) is 1. The highest BCUT2D eigenvalue weighted by atomic mass is 16.5. The molecule has 1 heterocycles. The Morgan fingerprint density at radius 1 is 1.29 bits per heavy atom. The minimum Gasteiger partial charge on any atom is -0.495 e. The highest BCUT2D eigenvalue weighted by molar-refractivity contribution is 6.05. The maximum Gasteiger partial charge on any atom is 0.248 e. The number of fused-ring (bicyclic) bond motifs is 1. The maximum absolute atomic E-state index is 11.7. The largest absolute Gasteiger partial charge is 0.495 e. The van der Waals surface area contributed by atoms with Crippen LogP contribution in [-0.2, 0) is 9.59 Å². The number of amides is 1. The van der Waals surface area contributed by atoms with Gasteiger partial charge in [-0.25, -0.2) is 0 Å². The number of ketones is 1. The first kappa shape index (κ1) is 14.8. The Labute approximate surface area is 121 Å². The van der Waals surface area contributed by atoms with Crippen molar-refractivity contribution in [1.82, 2.24) is 4.98 Å². The van der Waals surface area contributed by atoms with E-state index in [0.29, 0.717) is 17.0 Å². The molecule has 0 aliphatic rings. The molecule has 0 saturated carbocycles. The molecule has 0 atom stereocenters. The maximum atomic E-state index is 11.7. The lowest BCUT2D eigenvalue weighted by Gasteiger charge is -2.12. The number of nitrogens with one attached hydrogen (secondary N) is 2. The normalized spacial score (nSPS) is 10.4. The number of aromatic amines is 1. The SMILES string of the molecule is COc1cc2c(C)cc(=O)[nH]c2cc1NC(=O)CC(C)=O. The summed E-state index contributed by atoms with van der Waals surface area (Å²) < 4.78 is 5.25. The van der Waals surface area contributed by atoms with Crippen molar-refractivity contribution in [2.75, 3.05) is 12.4 Å². The van der Waals surface area contributed by atoms with Crippen LogP contribution in [0, 0.1) is 6.92 Å². The van der Waals surface area contributed by atoms with Gasteiger partial charge in [-0.15, -0.1) is 0 Å². The van der Waals surface area contributed by atoms with E-state index in [4.69, 9.17) is 4.74 Å². The molecule has 1 aromatic heterocycles. The molecule has 0 bridgehead atoms. The Morgan fingerprint density at radius 3 is 2.62 bits per heavy atom. The van der Waals surface area contributed by atoms with Crippen molar-refractivity contribution in [2.45, 2.75) is 20.3 Å². The topological polar surface area (TPSA) is 88.3 Å². The van der Waals surface area contributed by atoms with Gasteiger partial charge in [-0.3, -0.25) is 14.4 Å². The molecule has 1 amide bonds. The lowest BCUT2D eigenvalue weighted by Crippen LogP contribution is -2.15. The first-order valence-corrected chi connectivity index (χ1v) is 6.41. The van der Waals surface area contributed by atoms with Gasteiger partial charge in [0.15, 0.2) is 0 Å². The predicted octanol–water partition coefficient (Wildman–Crippen LogP) is 1.76. The first-order chi connectivity index (χ1) is 9.90. The van der Waals surface area contributed by atoms with Gasteiger partial charge in [-0.1, -0.05) is 0 Å². The molecule has 6 heteroatoms. The van der Waals surface area contributed by atoms with Crippen LogP contribution in [-0.4, -0.2) is 23.8 Å². The van der Waals surface area contributed by atoms with Crippen LogP contribution in [0.25, 0.3) is 10.9 Å². The minimum atomic E-state index is -0.421. The summed E-state index contributed by atoms with van der Waals surface area (Å²) in [5.74, 6) is -0.179. The van der Waals surface area contributed by atoms with Crippen LogP contribution in [0.1, 0.15) is 18.9 Å². The first-order valence-electron chi connectivity index (χ1n) is 6.41. The van der Waals surface area contributed by atoms with E-state index in [1.807, 2.05) is 6.92 Å². The van der Waals surface area contributed by atoms with E-state index in [9.17, 15) is 14.4 Å². The fourth-order valence-electron chi connectivity index (χ4n) is 2.14. The molecule has 1 aromatic carbocycles. The Morgan fingerprint density at radius 2 is 2.00 bits per heavy atom. The fraction of sp³-hybridized carbons (Fsp3) is 0.267. The fourth-order valence-corrected chi connectivity index (χ4v) is 2.14. The van der Waals surface area contributed by atoms with Crippen LogP contribution in [0.3, 0.4) is 0 Å². The Bertz CT molecular complexity index is 777. The van der Waals surface area contributed by atoms with Crippen LogP contribution in [0.4, 0.5) is 5.69 Å². The number of methoxy groups -OCH3 is 1. The van der Waals surface area contributed by atoms with Crippen molar-refractivity contribution in [1.29, 1.82) is 0 Å². The van der Waals surface area contributed by atoms with Crippen LogP contribution in [0.15, 0.2) is 23.0 Å². The second kappa shape index (κ2) is 5.78. The van der Waals surface area contributed by atoms with E-state index in [0.717, 1.165) is 10.9 Å². The summed E-state index contributed by atoms with van der Waals surface area (Å²) in [5, 5.41) is 3.45. The number of anilines is 1. The molecule has 0 saturated heterocycles. The molecule has 0 radical (unpaired) electrons. The summed E-state index contributed by atoms with van der Waals surface area (Å²) in [6.45, 7) is 3.17. The Hall–Kier alpha value is -2.63. The number of carbonyl (C=O) groups is 2. The van der Waals surface area contributed by atoms with Gasteiger partial charge < -0.3 is 15.0 Å². The molecule has 0 spiro atoms. The van der Waals surface area contributed by atoms with E-state index in [1.54, 1.807) is 12.1 Å². The summed E-state index contributed by atoms with van der Waals surface area (Å²) in [6.07, 6.45) is -0.203. The number of hydrogen-bond acceptors (Lipinski definition) is 4. The van der Waals surface area contributed by atoms with Gasteiger partial charge in [0.1, 0.15) is 11.5 Å². The predicted molar refractivity (Wildman–Crippen MR) is 79.8 cm³/mol. The smallest absolute Gasteiger partial charge is 0.248 e. The zero-order valence-electron chi connectivity index (χ0n) is 12.1. The van der Waals surface area contributed by atoms with E-state index in [-0.39, 0.29) is 17.8 Å². The minimum absolute atomic E-state index is 0.203. The molecule has 0 aliphatic carbocycles. The summed E-state index contributed by atoms with van der Waals surface area (Å²) in [5.41, 5.74) is 1.61. The third-order valence-electron chi connectivity index (χ3n) is 3.05. The molecule has 0 fully saturated rings. The van der Waals surface area contributed by atoms with Crippen molar-refractivity contribution >= 4 is 28.3 Å². The van der Waals surface area contributed by atoms with Gasteiger partial charge in [0.2, 0.25) is 11.5 Å². The highest BCUT2D eigenvalue weighted by Crippen LogP contribution is 2.30. The molecular weight excluding hydrogens is 272 g/mol. The van der Waals surface area contributed by atoms with Crippen molar-refractivity contribution in [3.05, 3.63) is 34.1 Å². The summed E-state index contributed by atoms with van der Waals surface area (Å²) in [4.78, 5) is 36.9. The molecule has 0 aliphatic heterocycles. The van der Waals surface area contributed by atoms with Crippen molar-refractivity contribution in [3.8, 4) is 5.75 Å². The Kier molecular flexibility index (Phi) is 4.07. The number of carbonyl (C=O) groups excluding carboxylic acids is 2. The monoisotopic (exact) mass is 288 g/mol. The molecule has 2 N–H and O–H groups in total. The highest BCUT2D eigenvalue weighted by Gasteiger charge is 2.12. The van der Waals surface area contributed by atoms with Gasteiger partial charge in [-0.2, -0.15) is 0 Å². The molecule has 6 nitrogen and oxygen atoms in total. The molecular formula is C15H16N2O4. The molecule has 21 heavy (non-hydrogen) atoms. The average Bonchev–Trinajstić information content (AvgIpc) is 2.36. The number of hydrogen-bond donors (Lipinski definition) is 2. The van der Waals surface area contributed by atoms with E-state index in [1.165, 1.54) is 20.1 Å². The number of rotatable bonds is 4. The zero-order valence-corrected chi connectivity index (χ0v) is 12.1. The van der Waals surface area contributed by atoms with Crippen LogP contribution in [0.2, 0.25) is 0 Å². The number of benzene rings is 1. The number of aromatic nitrogens is 1. The lowest BCUT2D eigenvalue weighted by atomic mass is 10.1. The van der Waals surface area contributed by atoms with E-state index >= 15 is 0 Å². The van der Waals surface area contributed by atoms with Crippen molar-refractivity contribution in [3.63, 3.8) is 0 Å². The summed E-state index contributed by atoms with van der Waals surface area (Å²) >= 11 is 0. The average molecular weight is 288 g/mol. The van der Waals surface area contributed by atoms with Crippen molar-refractivity contribution < 1.29 is 14.3 Å². The van der Waals surface area contributed by atoms with E-state index in [2.05, 4.69) is 10.3 Å². The van der Waals surface area contributed by atoms with Gasteiger partial charge in [0.25, 0.3) is 0 Å². The second-order valence-electron chi connectivity index (χ2n) is 4.84. The molecule has 2 aromatic rings. The quantitative estimate of drug-likeness (QED) is 0.839. The standard InChI is InChI=1S/C15H16N2O4/c1-8-4-14(19)16-11-7-12(13(21-3)6-10(8)11)17-15(20)5-9(2)18/h4,6-7H,5H2,1-3H3,(H,16,19)(H,17,20). The number of pyridine rings is 1. The number of aryl methyl sites for hydroxylation is 1. The number of Topliss-reactive ketones (excluding diaryl/α,β-unsaturated/α-hetero) is 1. The van der Waals surface area contributed by atoms with Gasteiger partial charge in [0, 0.05) is 11.5 Å². The van der Waals surface area contributed by atoms with Gasteiger partial charge >= 0.3 is 0 Å². The zero-order chi connectivity index (χ0) is 15.6. The van der Waals surface area contributed by atoms with Crippen molar-refractivity contribution in [2.24, 2.45) is 0 Å². The Balaban J connectivity index is 2.50. The van der Waals surface area contributed by atoms with Crippen LogP contribution in [0.5, 0.6) is 5.75 Å².